The van der Waals surface area contributed by atoms with E-state index in [0.717, 1.165) is 11.8 Å². The summed E-state index contributed by atoms with van der Waals surface area (Å²) in [6.07, 6.45) is -23.2. The molecule has 4 aliphatic rings. The summed E-state index contributed by atoms with van der Waals surface area (Å²) in [5.41, 5.74) is -20.3. The number of hydrogen-bond acceptors (Lipinski definition) is 6. The van der Waals surface area contributed by atoms with E-state index in [0.29, 0.717) is 64.2 Å². The molecule has 0 heterocycles. The molecule has 0 aromatic heterocycles. The lowest BCUT2D eigenvalue weighted by Crippen LogP contribution is -2.55. The number of alkyl halides is 12. The highest BCUT2D eigenvalue weighted by molar-refractivity contribution is 5.83. The van der Waals surface area contributed by atoms with E-state index in [2.05, 4.69) is 0 Å². The van der Waals surface area contributed by atoms with Crippen molar-refractivity contribution in [3.63, 3.8) is 0 Å². The molecule has 2 unspecified atom stereocenters. The Labute approximate surface area is 398 Å². The zero-order valence-electron chi connectivity index (χ0n) is 49.3. The summed E-state index contributed by atoms with van der Waals surface area (Å²) >= 11 is 0. The summed E-state index contributed by atoms with van der Waals surface area (Å²) in [4.78, 5) is 12.6. The number of rotatable bonds is 12. The molecule has 9 atom stereocenters. The van der Waals surface area contributed by atoms with Gasteiger partial charge in [-0.2, -0.15) is 52.7 Å². The van der Waals surface area contributed by atoms with Crippen molar-refractivity contribution in [2.75, 3.05) is 0 Å². The Hall–Kier alpha value is -2.25. The number of ketones is 1. The van der Waals surface area contributed by atoms with Gasteiger partial charge < -0.3 is 25.5 Å². The average molecular weight is 983 g/mol. The van der Waals surface area contributed by atoms with Crippen LogP contribution in [0.1, 0.15) is 187 Å². The molecule has 0 saturated heterocycles. The maximum absolute atomic E-state index is 13.2. The van der Waals surface area contributed by atoms with Gasteiger partial charge in [0.25, 0.3) is 0 Å². The summed E-state index contributed by atoms with van der Waals surface area (Å²) in [7, 11) is 0. The molecule has 382 valence electrons. The Kier molecular flexibility index (Phi) is 12.5. The molecule has 0 radical (unpaired) electrons. The first-order valence-electron chi connectivity index (χ1n) is 27.9. The molecule has 0 aliphatic heterocycles. The van der Waals surface area contributed by atoms with Crippen LogP contribution < -0.4 is 0 Å². The fourth-order valence-corrected chi connectivity index (χ4v) is 12.0. The molecule has 4 saturated carbocycles. The second kappa shape index (κ2) is 19.9. The Bertz CT molecular complexity index is 2170. The van der Waals surface area contributed by atoms with Gasteiger partial charge in [0.15, 0.2) is 0 Å². The van der Waals surface area contributed by atoms with Gasteiger partial charge in [0.2, 0.25) is 0 Å². The quantitative estimate of drug-likeness (QED) is 0.0982. The zero-order chi connectivity index (χ0) is 61.0. The van der Waals surface area contributed by atoms with Crippen molar-refractivity contribution in [1.82, 2.24) is 0 Å². The van der Waals surface area contributed by atoms with Crippen molar-refractivity contribution in [3.05, 3.63) is 0 Å². The van der Waals surface area contributed by atoms with Gasteiger partial charge in [0, 0.05) is 41.6 Å². The molecule has 0 aromatic rings. The molecule has 0 bridgehead atoms. The number of hydrogen-bond donors (Lipinski definition) is 5. The van der Waals surface area contributed by atoms with Crippen LogP contribution in [0.5, 0.6) is 0 Å². The Balaban J connectivity index is 0.000000410. The molecule has 4 fully saturated rings. The van der Waals surface area contributed by atoms with E-state index in [9.17, 15) is 83.0 Å². The highest BCUT2D eigenvalue weighted by Gasteiger charge is 2.71. The molecular formula is C48H70F12O6. The van der Waals surface area contributed by atoms with Gasteiger partial charge in [-0.15, -0.1) is 0 Å². The number of Topliss-reactive ketones (excluding diaryl/α,β-unsaturated/α-hetero) is 1. The van der Waals surface area contributed by atoms with Gasteiger partial charge in [-0.3, -0.25) is 4.79 Å². The number of fused-ring (bicyclic) bond motifs is 2. The minimum absolute atomic E-state index is 0.0161. The maximum atomic E-state index is 13.2. The fraction of sp³-hybridized carbons (Fsp3) is 0.896. The molecule has 4 rings (SSSR count). The van der Waals surface area contributed by atoms with Crippen molar-refractivity contribution in [3.8, 4) is 23.7 Å². The van der Waals surface area contributed by atoms with Gasteiger partial charge in [-0.05, 0) is 156 Å². The second-order valence-corrected chi connectivity index (χ2v) is 20.3. The largest absolute Gasteiger partial charge is 0.438 e. The number of carbonyl (C=O) groups is 1. The lowest BCUT2D eigenvalue weighted by Gasteiger charge is -2.49. The van der Waals surface area contributed by atoms with E-state index < -0.39 is 134 Å². The van der Waals surface area contributed by atoms with Crippen LogP contribution in [0.3, 0.4) is 0 Å². The zero-order valence-corrected chi connectivity index (χ0v) is 37.3. The average Bonchev–Trinajstić information content (AvgIpc) is 3.79. The summed E-state index contributed by atoms with van der Waals surface area (Å²) in [6, 6.07) is 0. The molecule has 6 nitrogen and oxygen atoms in total. The first-order chi connectivity index (χ1) is 34.5. The van der Waals surface area contributed by atoms with Crippen molar-refractivity contribution >= 4 is 5.78 Å². The van der Waals surface area contributed by atoms with Crippen LogP contribution in [0.2, 0.25) is 0 Å². The molecule has 4 aliphatic carbocycles. The van der Waals surface area contributed by atoms with Gasteiger partial charge in [0.05, 0.1) is 17.3 Å². The number of halogens is 12. The Morgan fingerprint density at radius 2 is 0.985 bits per heavy atom. The third-order valence-corrected chi connectivity index (χ3v) is 15.4. The lowest BCUT2D eigenvalue weighted by molar-refractivity contribution is -0.344. The van der Waals surface area contributed by atoms with E-state index in [1.807, 2.05) is 25.7 Å². The van der Waals surface area contributed by atoms with E-state index in [-0.39, 0.29) is 49.2 Å². The summed E-state index contributed by atoms with van der Waals surface area (Å²) in [5, 5.41) is 50.7. The summed E-state index contributed by atoms with van der Waals surface area (Å²) < 4.78 is 248. The van der Waals surface area contributed by atoms with E-state index in [1.54, 1.807) is 13.8 Å². The molecular weight excluding hydrogens is 900 g/mol. The monoisotopic (exact) mass is 983 g/mol. The maximum Gasteiger partial charge on any atom is 0.438 e. The van der Waals surface area contributed by atoms with Crippen LogP contribution in [0, 0.1) is 69.0 Å². The van der Waals surface area contributed by atoms with Crippen LogP contribution in [0.4, 0.5) is 52.7 Å². The summed E-state index contributed by atoms with van der Waals surface area (Å²) in [5.74, 6) is 4.38. The van der Waals surface area contributed by atoms with E-state index in [4.69, 9.17) is 16.4 Å². The predicted octanol–water partition coefficient (Wildman–Crippen LogP) is 11.7. The Morgan fingerprint density at radius 1 is 0.591 bits per heavy atom. The molecule has 18 heteroatoms. The number of aliphatic hydroxyl groups is 5. The predicted molar refractivity (Wildman–Crippen MR) is 223 cm³/mol. The second-order valence-electron chi connectivity index (χ2n) is 20.3. The molecule has 5 N–H and O–H groups in total. The van der Waals surface area contributed by atoms with Crippen molar-refractivity contribution < 1.29 is 99.5 Å². The minimum Gasteiger partial charge on any atom is -0.393 e. The van der Waals surface area contributed by atoms with Gasteiger partial charge in [-0.25, -0.2) is 0 Å². The highest BCUT2D eigenvalue weighted by atomic mass is 19.4. The van der Waals surface area contributed by atoms with Gasteiger partial charge >= 0.3 is 35.9 Å². The molecule has 0 aromatic carbocycles. The SMILES string of the molecule is [2H]C([2H])([2H])C(O)(CCC[C@](C)(CC#CC(O)(C(F)(F)F)C(F)(F)F)[C@H]1CCC2C(=O)CCC[C@@]21C)C([2H])([2H])[2H].[2H]C([2H])([2H])C(O)(CCC[C@](C)(CC#CC(O)(C(F)(F)F)C(F)(F)F)[C@H]1CCC2[C@@H](O)CCC[C@@]21C)C([2H])([2H])[2H]. The standard InChI is InChI=1S/C24H36F6O3.C24H34F6O3/c2*1-19(2,32)11-6-12-20(3,13-7-15-22(33,23(25,26)27)24(28,29)30)18-10-9-16-17(31)8-5-14-21(16,18)4/h16-18,31-33H,5-6,8-14H2,1-4H3;16,18,32-33H,5-6,8-14H2,1-4H3/t16?,17-,18+,20+,21-;16?,18-,20-,21+/m01/s1/i2*1D3,2D3. The topological polar surface area (TPSA) is 118 Å². The van der Waals surface area contributed by atoms with Crippen molar-refractivity contribution in [2.45, 2.75) is 224 Å². The highest BCUT2D eigenvalue weighted by Crippen LogP contribution is 2.63. The van der Waals surface area contributed by atoms with Crippen LogP contribution in [-0.4, -0.2) is 84.5 Å². The lowest BCUT2D eigenvalue weighted by atomic mass is 9.56. The molecule has 0 spiro atoms. The van der Waals surface area contributed by atoms with Crippen LogP contribution >= 0.6 is 0 Å². The smallest absolute Gasteiger partial charge is 0.393 e. The molecule has 66 heavy (non-hydrogen) atoms. The minimum atomic E-state index is -6.13. The van der Waals surface area contributed by atoms with E-state index >= 15 is 0 Å². The summed E-state index contributed by atoms with van der Waals surface area (Å²) in [6.45, 7) is -6.33. The van der Waals surface area contributed by atoms with Gasteiger partial charge in [-0.1, -0.05) is 58.8 Å². The van der Waals surface area contributed by atoms with E-state index in [1.165, 1.54) is 0 Å². The fourth-order valence-electron chi connectivity index (χ4n) is 12.0. The van der Waals surface area contributed by atoms with Gasteiger partial charge in [0.1, 0.15) is 5.78 Å². The first kappa shape index (κ1) is 41.5. The third kappa shape index (κ3) is 12.7. The Morgan fingerprint density at radius 3 is 1.39 bits per heavy atom. The number of carbonyl (C=O) groups excluding carboxylic acids is 1. The normalized spacial score (nSPS) is 33.2. The third-order valence-electron chi connectivity index (χ3n) is 15.4. The number of aliphatic hydroxyl groups excluding tert-OH is 1. The van der Waals surface area contributed by atoms with Crippen LogP contribution in [0.25, 0.3) is 0 Å². The molecule has 0 amide bonds. The van der Waals surface area contributed by atoms with Crippen LogP contribution in [-0.2, 0) is 4.79 Å². The van der Waals surface area contributed by atoms with Crippen LogP contribution in [0.15, 0.2) is 0 Å². The van der Waals surface area contributed by atoms with Crippen molar-refractivity contribution in [1.29, 1.82) is 0 Å². The first-order valence-corrected chi connectivity index (χ1v) is 21.9. The van der Waals surface area contributed by atoms with Crippen molar-refractivity contribution in [2.24, 2.45) is 45.3 Å².